The van der Waals surface area contributed by atoms with Crippen LogP contribution in [0.4, 0.5) is 0 Å². The molecule has 0 radical (unpaired) electrons. The Labute approximate surface area is 296 Å². The highest BCUT2D eigenvalue weighted by Crippen LogP contribution is 2.39. The predicted molar refractivity (Wildman–Crippen MR) is 197 cm³/mol. The van der Waals surface area contributed by atoms with Crippen LogP contribution in [-0.2, 0) is 29.6 Å². The fourth-order valence-electron chi connectivity index (χ4n) is 6.17. The van der Waals surface area contributed by atoms with Gasteiger partial charge in [-0.1, -0.05) is 63.9 Å². The first-order valence-corrected chi connectivity index (χ1v) is 17.9. The number of benzene rings is 3. The molecule has 3 aromatic carbocycles. The topological polar surface area (TPSA) is 81.6 Å². The molecule has 8 nitrogen and oxygen atoms in total. The van der Waals surface area contributed by atoms with Crippen molar-refractivity contribution in [3.63, 3.8) is 0 Å². The molecule has 254 valence electrons. The van der Waals surface area contributed by atoms with E-state index in [2.05, 4.69) is 67.9 Å². The molecule has 0 saturated heterocycles. The van der Waals surface area contributed by atoms with Crippen LogP contribution in [0.1, 0.15) is 58.3 Å². The molecule has 0 unspecified atom stereocenters. The molecular weight excluding hydrogens is 692 g/mol. The van der Waals surface area contributed by atoms with Crippen LogP contribution < -0.4 is 9.47 Å². The Hall–Kier alpha value is -3.79. The van der Waals surface area contributed by atoms with Gasteiger partial charge in [0.2, 0.25) is 0 Å². The molecule has 0 saturated carbocycles. The first-order chi connectivity index (χ1) is 23.2. The SMILES string of the molecule is CCOC(=O)c1c(CCCOc2cc(C)c(Cl)c(C)c2)c2cccc(-c3c(COc4ccccc4)n[nH]c3CBr)c2n1CCCN(C)C. The van der Waals surface area contributed by atoms with Crippen LogP contribution in [0, 0.1) is 13.8 Å². The van der Waals surface area contributed by atoms with Crippen LogP contribution in [-0.4, -0.2) is 59.5 Å². The number of rotatable bonds is 16. The zero-order valence-electron chi connectivity index (χ0n) is 28.4. The maximum absolute atomic E-state index is 13.8. The summed E-state index contributed by atoms with van der Waals surface area (Å²) in [5, 5.41) is 10.3. The Morgan fingerprint density at radius 3 is 2.44 bits per heavy atom. The van der Waals surface area contributed by atoms with Crippen molar-refractivity contribution < 1.29 is 19.0 Å². The third kappa shape index (κ3) is 8.08. The number of aromatic nitrogens is 3. The average Bonchev–Trinajstić information content (AvgIpc) is 3.63. The number of carbonyl (C=O) groups is 1. The Balaban J connectivity index is 1.58. The molecule has 0 bridgehead atoms. The lowest BCUT2D eigenvalue weighted by molar-refractivity contribution is 0.0512. The van der Waals surface area contributed by atoms with Gasteiger partial charge in [0.15, 0.2) is 0 Å². The van der Waals surface area contributed by atoms with E-state index in [4.69, 9.17) is 25.8 Å². The van der Waals surface area contributed by atoms with E-state index < -0.39 is 0 Å². The maximum Gasteiger partial charge on any atom is 0.355 e. The van der Waals surface area contributed by atoms with Crippen LogP contribution in [0.2, 0.25) is 5.02 Å². The summed E-state index contributed by atoms with van der Waals surface area (Å²) in [5.74, 6) is 1.25. The Morgan fingerprint density at radius 2 is 1.75 bits per heavy atom. The predicted octanol–water partition coefficient (Wildman–Crippen LogP) is 8.92. The van der Waals surface area contributed by atoms with E-state index in [-0.39, 0.29) is 5.97 Å². The van der Waals surface area contributed by atoms with E-state index in [1.807, 2.05) is 63.2 Å². The second-order valence-electron chi connectivity index (χ2n) is 12.1. The summed E-state index contributed by atoms with van der Waals surface area (Å²) >= 11 is 10.1. The minimum Gasteiger partial charge on any atom is -0.494 e. The number of halogens is 2. The summed E-state index contributed by atoms with van der Waals surface area (Å²) in [6, 6.07) is 20.0. The molecule has 2 aromatic heterocycles. The van der Waals surface area contributed by atoms with Crippen LogP contribution in [0.25, 0.3) is 22.0 Å². The van der Waals surface area contributed by atoms with Gasteiger partial charge in [0, 0.05) is 33.4 Å². The summed E-state index contributed by atoms with van der Waals surface area (Å²) in [7, 11) is 4.13. The fourth-order valence-corrected chi connectivity index (χ4v) is 6.69. The van der Waals surface area contributed by atoms with Gasteiger partial charge in [-0.05, 0) is 102 Å². The lowest BCUT2D eigenvalue weighted by atomic mass is 9.98. The number of aromatic amines is 1. The quantitative estimate of drug-likeness (QED) is 0.0620. The third-order valence-electron chi connectivity index (χ3n) is 8.33. The standard InChI is InChI=1S/C38H44BrClN4O4/c1-6-46-38(45)37-30(17-11-20-47-28-21-25(2)35(40)26(3)22-28)29-15-10-16-31(36(29)44(37)19-12-18-43(4)5)34-32(23-39)41-42-33(34)24-48-27-13-8-7-9-14-27/h7-10,13-16,21-22H,6,11-12,17-20,23-24H2,1-5H3,(H,41,42). The molecule has 0 amide bonds. The highest BCUT2D eigenvalue weighted by atomic mass is 79.9. The Kier molecular flexibility index (Phi) is 12.2. The van der Waals surface area contributed by atoms with Gasteiger partial charge in [0.1, 0.15) is 29.5 Å². The largest absolute Gasteiger partial charge is 0.494 e. The number of nitrogens with zero attached hydrogens (tertiary/aromatic N) is 3. The van der Waals surface area contributed by atoms with E-state index in [0.717, 1.165) is 79.6 Å². The molecule has 0 aliphatic carbocycles. The molecule has 48 heavy (non-hydrogen) atoms. The number of aryl methyl sites for hydroxylation is 4. The van der Waals surface area contributed by atoms with Crippen LogP contribution in [0.5, 0.6) is 11.5 Å². The van der Waals surface area contributed by atoms with Crippen molar-refractivity contribution in [3.05, 3.63) is 99.5 Å². The molecule has 0 aliphatic heterocycles. The van der Waals surface area contributed by atoms with Gasteiger partial charge in [0.25, 0.3) is 0 Å². The van der Waals surface area contributed by atoms with Crippen molar-refractivity contribution in [2.75, 3.05) is 33.9 Å². The van der Waals surface area contributed by atoms with E-state index in [9.17, 15) is 4.79 Å². The van der Waals surface area contributed by atoms with E-state index in [1.165, 1.54) is 0 Å². The van der Waals surface area contributed by atoms with Crippen molar-refractivity contribution in [1.82, 2.24) is 19.7 Å². The van der Waals surface area contributed by atoms with Crippen LogP contribution in [0.3, 0.4) is 0 Å². The molecule has 0 atom stereocenters. The fraction of sp³-hybridized carbons (Fsp3) is 0.368. The van der Waals surface area contributed by atoms with Gasteiger partial charge in [-0.3, -0.25) is 5.10 Å². The lowest BCUT2D eigenvalue weighted by Gasteiger charge is -2.16. The molecule has 5 rings (SSSR count). The second-order valence-corrected chi connectivity index (χ2v) is 13.1. The Morgan fingerprint density at radius 1 is 1.00 bits per heavy atom. The monoisotopic (exact) mass is 734 g/mol. The number of alkyl halides is 1. The first kappa shape index (κ1) is 35.5. The van der Waals surface area contributed by atoms with Gasteiger partial charge in [-0.2, -0.15) is 5.10 Å². The molecule has 5 aromatic rings. The van der Waals surface area contributed by atoms with Crippen molar-refractivity contribution in [1.29, 1.82) is 0 Å². The summed E-state index contributed by atoms with van der Waals surface area (Å²) in [5.41, 5.74) is 8.23. The van der Waals surface area contributed by atoms with Gasteiger partial charge < -0.3 is 23.7 Å². The third-order valence-corrected chi connectivity index (χ3v) is 9.49. The zero-order valence-corrected chi connectivity index (χ0v) is 30.7. The normalized spacial score (nSPS) is 11.4. The van der Waals surface area contributed by atoms with E-state index >= 15 is 0 Å². The lowest BCUT2D eigenvalue weighted by Crippen LogP contribution is -2.18. The highest BCUT2D eigenvalue weighted by Gasteiger charge is 2.27. The number of carbonyl (C=O) groups excluding carboxylic acids is 1. The minimum atomic E-state index is -0.315. The van der Waals surface area contributed by atoms with Crippen molar-refractivity contribution in [3.8, 4) is 22.6 Å². The number of nitrogens with one attached hydrogen (secondary N) is 1. The molecule has 1 N–H and O–H groups in total. The number of hydrogen-bond donors (Lipinski definition) is 1. The number of fused-ring (bicyclic) bond motifs is 1. The number of esters is 1. The molecule has 0 aliphatic rings. The minimum absolute atomic E-state index is 0.291. The van der Waals surface area contributed by atoms with Crippen LogP contribution >= 0.6 is 27.5 Å². The van der Waals surface area contributed by atoms with Crippen LogP contribution in [0.15, 0.2) is 60.7 Å². The number of H-pyrrole nitrogens is 1. The molecule has 2 heterocycles. The molecule has 0 fully saturated rings. The molecular formula is C38H44BrClN4O4. The van der Waals surface area contributed by atoms with E-state index in [1.54, 1.807) is 0 Å². The smallest absolute Gasteiger partial charge is 0.355 e. The number of ether oxygens (including phenoxy) is 3. The summed E-state index contributed by atoms with van der Waals surface area (Å²) in [6.07, 6.45) is 2.21. The summed E-state index contributed by atoms with van der Waals surface area (Å²) in [6.45, 7) is 8.41. The molecule has 10 heteroatoms. The van der Waals surface area contributed by atoms with Gasteiger partial charge in [-0.15, -0.1) is 0 Å². The average molecular weight is 736 g/mol. The van der Waals surface area contributed by atoms with Gasteiger partial charge in [-0.25, -0.2) is 4.79 Å². The van der Waals surface area contributed by atoms with Crippen molar-refractivity contribution in [2.24, 2.45) is 0 Å². The summed E-state index contributed by atoms with van der Waals surface area (Å²) < 4.78 is 20.2. The van der Waals surface area contributed by atoms with Crippen molar-refractivity contribution >= 4 is 44.4 Å². The van der Waals surface area contributed by atoms with Gasteiger partial charge >= 0.3 is 5.97 Å². The maximum atomic E-state index is 13.8. The highest BCUT2D eigenvalue weighted by molar-refractivity contribution is 9.08. The van der Waals surface area contributed by atoms with Gasteiger partial charge in [0.05, 0.1) is 24.4 Å². The number of para-hydroxylation sites is 2. The van der Waals surface area contributed by atoms with E-state index in [0.29, 0.717) is 50.2 Å². The molecule has 0 spiro atoms. The first-order valence-electron chi connectivity index (χ1n) is 16.4. The second kappa shape index (κ2) is 16.5. The van der Waals surface area contributed by atoms with Crippen molar-refractivity contribution in [2.45, 2.75) is 58.5 Å². The summed E-state index contributed by atoms with van der Waals surface area (Å²) in [4.78, 5) is 16.0. The number of hydrogen-bond acceptors (Lipinski definition) is 6. The zero-order chi connectivity index (χ0) is 34.2. The Bertz CT molecular complexity index is 1830.